The molecule has 20 heavy (non-hydrogen) atoms. The van der Waals surface area contributed by atoms with Crippen LogP contribution in [0.25, 0.3) is 0 Å². The Morgan fingerprint density at radius 1 is 1.55 bits per heavy atom. The number of ether oxygens (including phenoxy) is 1. The number of aliphatic hydroxyl groups is 1. The van der Waals surface area contributed by atoms with Crippen LogP contribution in [0.3, 0.4) is 0 Å². The van der Waals surface area contributed by atoms with Crippen molar-refractivity contribution in [2.45, 2.75) is 6.04 Å². The van der Waals surface area contributed by atoms with E-state index in [1.165, 1.54) is 12.1 Å². The van der Waals surface area contributed by atoms with Crippen LogP contribution in [0.15, 0.2) is 18.2 Å². The van der Waals surface area contributed by atoms with Crippen LogP contribution in [-0.2, 0) is 9.53 Å². The number of nitrogens with one attached hydrogen (secondary N) is 1. The van der Waals surface area contributed by atoms with Crippen molar-refractivity contribution in [1.29, 1.82) is 0 Å². The van der Waals surface area contributed by atoms with E-state index in [0.29, 0.717) is 3.57 Å². The lowest BCUT2D eigenvalue weighted by Gasteiger charge is -2.14. The molecule has 8 nitrogen and oxygen atoms in total. The van der Waals surface area contributed by atoms with Gasteiger partial charge in [0.05, 0.1) is 24.2 Å². The Morgan fingerprint density at radius 3 is 2.70 bits per heavy atom. The highest BCUT2D eigenvalue weighted by atomic mass is 127. The van der Waals surface area contributed by atoms with E-state index in [1.807, 2.05) is 22.6 Å². The van der Waals surface area contributed by atoms with Gasteiger partial charge in [-0.3, -0.25) is 14.9 Å². The number of nitro groups is 1. The number of esters is 1. The van der Waals surface area contributed by atoms with Gasteiger partial charge in [0.2, 0.25) is 0 Å². The number of methoxy groups -OCH3 is 1. The number of non-ortho nitro benzene ring substituents is 1. The lowest BCUT2D eigenvalue weighted by atomic mass is 10.1. The van der Waals surface area contributed by atoms with Crippen LogP contribution < -0.4 is 5.32 Å². The van der Waals surface area contributed by atoms with E-state index in [4.69, 9.17) is 5.11 Å². The van der Waals surface area contributed by atoms with Crippen molar-refractivity contribution in [1.82, 2.24) is 5.32 Å². The summed E-state index contributed by atoms with van der Waals surface area (Å²) < 4.78 is 4.89. The average Bonchev–Trinajstić information content (AvgIpc) is 2.43. The maximum absolute atomic E-state index is 12.0. The van der Waals surface area contributed by atoms with Crippen molar-refractivity contribution < 1.29 is 24.4 Å². The highest BCUT2D eigenvalue weighted by Crippen LogP contribution is 2.19. The number of carbonyl (C=O) groups excluding carboxylic acids is 2. The van der Waals surface area contributed by atoms with Crippen LogP contribution in [0.2, 0.25) is 0 Å². The Bertz CT molecular complexity index is 548. The second-order valence-corrected chi connectivity index (χ2v) is 4.82. The quantitative estimate of drug-likeness (QED) is 0.324. The fourth-order valence-electron chi connectivity index (χ4n) is 1.36. The number of hydrogen-bond acceptors (Lipinski definition) is 6. The number of amides is 1. The Kier molecular flexibility index (Phi) is 5.82. The molecule has 9 heteroatoms. The summed E-state index contributed by atoms with van der Waals surface area (Å²) in [7, 11) is 1.12. The summed E-state index contributed by atoms with van der Waals surface area (Å²) in [6.07, 6.45) is 0. The van der Waals surface area contributed by atoms with Crippen molar-refractivity contribution in [2.75, 3.05) is 13.7 Å². The van der Waals surface area contributed by atoms with Crippen LogP contribution in [0.5, 0.6) is 0 Å². The van der Waals surface area contributed by atoms with Crippen molar-refractivity contribution in [3.8, 4) is 0 Å². The minimum absolute atomic E-state index is 0.0437. The van der Waals surface area contributed by atoms with Crippen molar-refractivity contribution in [3.63, 3.8) is 0 Å². The molecule has 0 aliphatic rings. The highest BCUT2D eigenvalue weighted by molar-refractivity contribution is 14.1. The van der Waals surface area contributed by atoms with Gasteiger partial charge in [-0.15, -0.1) is 0 Å². The van der Waals surface area contributed by atoms with Gasteiger partial charge in [-0.1, -0.05) is 0 Å². The molecule has 0 radical (unpaired) electrons. The Balaban J connectivity index is 2.99. The van der Waals surface area contributed by atoms with Crippen LogP contribution in [-0.4, -0.2) is 41.7 Å². The largest absolute Gasteiger partial charge is 0.467 e. The third-order valence-electron chi connectivity index (χ3n) is 2.38. The van der Waals surface area contributed by atoms with E-state index < -0.39 is 29.4 Å². The number of halogens is 1. The Hall–Kier alpha value is -1.75. The number of nitro benzene ring substituents is 1. The monoisotopic (exact) mass is 394 g/mol. The third kappa shape index (κ3) is 3.87. The van der Waals surface area contributed by atoms with E-state index in [2.05, 4.69) is 10.1 Å². The number of rotatable bonds is 5. The summed E-state index contributed by atoms with van der Waals surface area (Å²) in [5.41, 5.74) is -0.198. The number of nitrogens with zero attached hydrogens (tertiary/aromatic N) is 1. The molecule has 1 rings (SSSR count). The molecule has 0 saturated carbocycles. The molecule has 0 aliphatic carbocycles. The van der Waals surface area contributed by atoms with Gasteiger partial charge in [0.1, 0.15) is 0 Å². The second kappa shape index (κ2) is 7.14. The molecule has 0 heterocycles. The molecule has 1 unspecified atom stereocenters. The lowest BCUT2D eigenvalue weighted by molar-refractivity contribution is -0.384. The van der Waals surface area contributed by atoms with Crippen LogP contribution in [0.1, 0.15) is 10.4 Å². The summed E-state index contributed by atoms with van der Waals surface area (Å²) in [6, 6.07) is 2.56. The van der Waals surface area contributed by atoms with E-state index in [1.54, 1.807) is 0 Å². The first-order valence-corrected chi connectivity index (χ1v) is 6.42. The smallest absolute Gasteiger partial charge is 0.330 e. The summed E-state index contributed by atoms with van der Waals surface area (Å²) in [5, 5.41) is 21.9. The molecule has 1 atom stereocenters. The Morgan fingerprint density at radius 2 is 2.20 bits per heavy atom. The molecule has 0 bridgehead atoms. The predicted molar refractivity (Wildman–Crippen MR) is 76.2 cm³/mol. The van der Waals surface area contributed by atoms with Gasteiger partial charge in [0.25, 0.3) is 11.6 Å². The minimum atomic E-state index is -1.22. The molecule has 1 amide bonds. The molecule has 2 N–H and O–H groups in total. The molecular formula is C11H11IN2O6. The molecule has 108 valence electrons. The molecule has 1 aromatic rings. The lowest BCUT2D eigenvalue weighted by Crippen LogP contribution is -2.44. The van der Waals surface area contributed by atoms with Crippen molar-refractivity contribution in [2.24, 2.45) is 0 Å². The van der Waals surface area contributed by atoms with Gasteiger partial charge in [-0.2, -0.15) is 0 Å². The summed E-state index contributed by atoms with van der Waals surface area (Å²) in [4.78, 5) is 33.3. The molecule has 0 aliphatic heterocycles. The second-order valence-electron chi connectivity index (χ2n) is 3.65. The Labute approximate surface area is 127 Å². The number of hydrogen-bond donors (Lipinski definition) is 2. The van der Waals surface area contributed by atoms with Crippen molar-refractivity contribution in [3.05, 3.63) is 37.4 Å². The van der Waals surface area contributed by atoms with Gasteiger partial charge in [-0.25, -0.2) is 4.79 Å². The fraction of sp³-hybridized carbons (Fsp3) is 0.273. The number of carbonyl (C=O) groups is 2. The van der Waals surface area contributed by atoms with Crippen molar-refractivity contribution >= 4 is 40.2 Å². The molecular weight excluding hydrogens is 383 g/mol. The zero-order valence-corrected chi connectivity index (χ0v) is 12.5. The topological polar surface area (TPSA) is 119 Å². The van der Waals surface area contributed by atoms with Gasteiger partial charge in [0, 0.05) is 15.7 Å². The summed E-state index contributed by atoms with van der Waals surface area (Å²) in [5.74, 6) is -1.51. The molecule has 0 spiro atoms. The van der Waals surface area contributed by atoms with Gasteiger partial charge >= 0.3 is 5.97 Å². The fourth-order valence-corrected chi connectivity index (χ4v) is 1.94. The zero-order chi connectivity index (χ0) is 15.3. The first-order chi connectivity index (χ1) is 9.40. The van der Waals surface area contributed by atoms with Gasteiger partial charge in [0.15, 0.2) is 6.04 Å². The summed E-state index contributed by atoms with van der Waals surface area (Å²) in [6.45, 7) is -0.635. The van der Waals surface area contributed by atoms with Crippen LogP contribution >= 0.6 is 22.6 Å². The molecule has 0 saturated heterocycles. The van der Waals surface area contributed by atoms with Gasteiger partial charge in [-0.05, 0) is 28.7 Å². The van der Waals surface area contributed by atoms with Gasteiger partial charge < -0.3 is 15.2 Å². The predicted octanol–water partition coefficient (Wildman–Crippen LogP) is 0.463. The maximum Gasteiger partial charge on any atom is 0.330 e. The molecule has 0 fully saturated rings. The van der Waals surface area contributed by atoms with E-state index in [-0.39, 0.29) is 11.3 Å². The minimum Gasteiger partial charge on any atom is -0.467 e. The maximum atomic E-state index is 12.0. The van der Waals surface area contributed by atoms with E-state index >= 15 is 0 Å². The molecule has 1 aromatic carbocycles. The first kappa shape index (κ1) is 16.3. The standard InChI is InChI=1S/C11H11IN2O6/c1-20-11(17)9(5-15)13-10(16)7-4-6(14(18)19)2-3-8(7)12/h2-4,9,15H,5H2,1H3,(H,13,16). The van der Waals surface area contributed by atoms with Crippen LogP contribution in [0.4, 0.5) is 5.69 Å². The zero-order valence-electron chi connectivity index (χ0n) is 10.3. The van der Waals surface area contributed by atoms with Crippen LogP contribution in [0, 0.1) is 13.7 Å². The SMILES string of the molecule is COC(=O)C(CO)NC(=O)c1cc([N+](=O)[O-])ccc1I. The van der Waals surface area contributed by atoms with E-state index in [9.17, 15) is 19.7 Å². The summed E-state index contributed by atoms with van der Waals surface area (Å²) >= 11 is 1.84. The van der Waals surface area contributed by atoms with E-state index in [0.717, 1.165) is 13.2 Å². The average molecular weight is 394 g/mol. The normalized spacial score (nSPS) is 11.6. The third-order valence-corrected chi connectivity index (χ3v) is 3.32. The number of benzene rings is 1. The number of aliphatic hydroxyl groups excluding tert-OH is 1. The highest BCUT2D eigenvalue weighted by Gasteiger charge is 2.23. The first-order valence-electron chi connectivity index (χ1n) is 5.34. The molecule has 0 aromatic heterocycles.